The number of aryl methyl sites for hydroxylation is 1. The van der Waals surface area contributed by atoms with Crippen LogP contribution in [0.3, 0.4) is 0 Å². The molecule has 2 heterocycles. The Kier molecular flexibility index (Phi) is 3.93. The molecular weight excluding hydrogens is 317 g/mol. The van der Waals surface area contributed by atoms with E-state index in [4.69, 9.17) is 16.2 Å². The lowest BCUT2D eigenvalue weighted by atomic mass is 9.81. The fourth-order valence-corrected chi connectivity index (χ4v) is 4.06. The van der Waals surface area contributed by atoms with Crippen molar-refractivity contribution >= 4 is 11.4 Å². The van der Waals surface area contributed by atoms with Crippen molar-refractivity contribution in [3.05, 3.63) is 47.5 Å². The third kappa shape index (κ3) is 2.68. The number of alkyl halides is 1. The minimum absolute atomic E-state index is 0.00699. The minimum Gasteiger partial charge on any atom is -0.399 e. The summed E-state index contributed by atoms with van der Waals surface area (Å²) in [7, 11) is 0. The highest BCUT2D eigenvalue weighted by atomic mass is 19.1. The van der Waals surface area contributed by atoms with Crippen molar-refractivity contribution in [1.29, 1.82) is 0 Å². The monoisotopic (exact) mass is 341 g/mol. The van der Waals surface area contributed by atoms with Crippen molar-refractivity contribution < 1.29 is 9.13 Å². The van der Waals surface area contributed by atoms with Gasteiger partial charge in [0.15, 0.2) is 0 Å². The maximum absolute atomic E-state index is 15.4. The molecule has 2 aliphatic rings. The molecule has 25 heavy (non-hydrogen) atoms. The number of anilines is 2. The second-order valence-corrected chi connectivity index (χ2v) is 7.12. The van der Waals surface area contributed by atoms with Gasteiger partial charge in [-0.25, -0.2) is 4.39 Å². The Labute approximate surface area is 147 Å². The SMILES string of the molecule is Cc1ccc(N)cc1-c1ccc2c(c1)N1CCOCC1C(F)(CN)C2. The first-order chi connectivity index (χ1) is 12.0. The zero-order valence-electron chi connectivity index (χ0n) is 14.5. The normalized spacial score (nSPS) is 25.4. The van der Waals surface area contributed by atoms with Gasteiger partial charge in [0.05, 0.1) is 19.3 Å². The summed E-state index contributed by atoms with van der Waals surface area (Å²) in [5.74, 6) is 0. The fourth-order valence-electron chi connectivity index (χ4n) is 4.06. The number of benzene rings is 2. The van der Waals surface area contributed by atoms with E-state index in [1.165, 1.54) is 5.56 Å². The summed E-state index contributed by atoms with van der Waals surface area (Å²) in [6.45, 7) is 3.76. The van der Waals surface area contributed by atoms with E-state index in [9.17, 15) is 0 Å². The van der Waals surface area contributed by atoms with Gasteiger partial charge in [-0.2, -0.15) is 0 Å². The van der Waals surface area contributed by atoms with Crippen LogP contribution in [0.5, 0.6) is 0 Å². The molecule has 4 rings (SSSR count). The summed E-state index contributed by atoms with van der Waals surface area (Å²) in [6, 6.07) is 11.9. The molecule has 5 heteroatoms. The number of morpholine rings is 1. The second kappa shape index (κ2) is 6.00. The van der Waals surface area contributed by atoms with Gasteiger partial charge in [-0.1, -0.05) is 18.2 Å². The van der Waals surface area contributed by atoms with Gasteiger partial charge in [0.25, 0.3) is 0 Å². The second-order valence-electron chi connectivity index (χ2n) is 7.12. The Bertz CT molecular complexity index is 810. The van der Waals surface area contributed by atoms with Gasteiger partial charge in [0, 0.05) is 30.9 Å². The van der Waals surface area contributed by atoms with Crippen molar-refractivity contribution in [1.82, 2.24) is 0 Å². The van der Waals surface area contributed by atoms with E-state index in [0.717, 1.165) is 28.1 Å². The maximum atomic E-state index is 15.4. The van der Waals surface area contributed by atoms with Gasteiger partial charge < -0.3 is 21.1 Å². The molecule has 4 nitrogen and oxygen atoms in total. The van der Waals surface area contributed by atoms with Gasteiger partial charge in [-0.15, -0.1) is 0 Å². The van der Waals surface area contributed by atoms with Gasteiger partial charge in [-0.3, -0.25) is 0 Å². The summed E-state index contributed by atoms with van der Waals surface area (Å²) < 4.78 is 20.9. The zero-order valence-corrected chi connectivity index (χ0v) is 14.5. The molecule has 0 aliphatic carbocycles. The Morgan fingerprint density at radius 2 is 2.12 bits per heavy atom. The molecule has 0 spiro atoms. The molecule has 0 amide bonds. The van der Waals surface area contributed by atoms with Crippen LogP contribution >= 0.6 is 0 Å². The molecule has 2 atom stereocenters. The summed E-state index contributed by atoms with van der Waals surface area (Å²) >= 11 is 0. The van der Waals surface area contributed by atoms with Gasteiger partial charge in [0.2, 0.25) is 0 Å². The quantitative estimate of drug-likeness (QED) is 0.825. The van der Waals surface area contributed by atoms with E-state index in [1.807, 2.05) is 24.3 Å². The molecule has 2 aliphatic heterocycles. The van der Waals surface area contributed by atoms with E-state index < -0.39 is 5.67 Å². The molecule has 2 aromatic carbocycles. The molecule has 2 unspecified atom stereocenters. The van der Waals surface area contributed by atoms with Crippen LogP contribution in [0.15, 0.2) is 36.4 Å². The number of rotatable bonds is 2. The van der Waals surface area contributed by atoms with Crippen LogP contribution in [-0.4, -0.2) is 38.0 Å². The van der Waals surface area contributed by atoms with Crippen molar-refractivity contribution in [2.45, 2.75) is 25.1 Å². The highest BCUT2D eigenvalue weighted by Gasteiger charge is 2.47. The molecular formula is C20H24FN3O. The Hall–Kier alpha value is -2.11. The largest absolute Gasteiger partial charge is 0.399 e. The van der Waals surface area contributed by atoms with Gasteiger partial charge >= 0.3 is 0 Å². The standard InChI is InChI=1S/C20H24FN3O/c1-13-2-5-16(23)9-17(13)14-3-4-15-10-20(21,12-22)19-11-25-7-6-24(19)18(15)8-14/h2-5,8-9,19H,6-7,10-12,22-23H2,1H3. The third-order valence-electron chi connectivity index (χ3n) is 5.52. The number of nitrogen functional groups attached to an aromatic ring is 1. The van der Waals surface area contributed by atoms with E-state index in [2.05, 4.69) is 24.0 Å². The topological polar surface area (TPSA) is 64.5 Å². The Balaban J connectivity index is 1.81. The summed E-state index contributed by atoms with van der Waals surface area (Å²) in [5, 5.41) is 0. The van der Waals surface area contributed by atoms with Crippen LogP contribution < -0.4 is 16.4 Å². The number of halogens is 1. The van der Waals surface area contributed by atoms with E-state index in [1.54, 1.807) is 0 Å². The van der Waals surface area contributed by atoms with Crippen LogP contribution in [0.4, 0.5) is 15.8 Å². The number of ether oxygens (including phenoxy) is 1. The predicted molar refractivity (Wildman–Crippen MR) is 99.6 cm³/mol. The lowest BCUT2D eigenvalue weighted by molar-refractivity contribution is 0.0180. The van der Waals surface area contributed by atoms with E-state index in [0.29, 0.717) is 26.2 Å². The summed E-state index contributed by atoms with van der Waals surface area (Å²) in [5.41, 5.74) is 16.6. The molecule has 0 bridgehead atoms. The summed E-state index contributed by atoms with van der Waals surface area (Å²) in [6.07, 6.45) is 0.333. The van der Waals surface area contributed by atoms with Crippen molar-refractivity contribution in [2.24, 2.45) is 5.73 Å². The third-order valence-corrected chi connectivity index (χ3v) is 5.52. The van der Waals surface area contributed by atoms with Crippen LogP contribution in [-0.2, 0) is 11.2 Å². The predicted octanol–water partition coefficient (Wildman–Crippen LogP) is 2.67. The molecule has 4 N–H and O–H groups in total. The average molecular weight is 341 g/mol. The van der Waals surface area contributed by atoms with Gasteiger partial charge in [-0.05, 0) is 47.4 Å². The average Bonchev–Trinajstić information content (AvgIpc) is 2.64. The molecule has 0 radical (unpaired) electrons. The first-order valence-electron chi connectivity index (χ1n) is 8.74. The first-order valence-corrected chi connectivity index (χ1v) is 8.74. The molecule has 2 aromatic rings. The first kappa shape index (κ1) is 16.4. The van der Waals surface area contributed by atoms with Gasteiger partial charge in [0.1, 0.15) is 5.67 Å². The van der Waals surface area contributed by atoms with Crippen LogP contribution in [0.2, 0.25) is 0 Å². The highest BCUT2D eigenvalue weighted by molar-refractivity contribution is 5.76. The van der Waals surface area contributed by atoms with Crippen molar-refractivity contribution in [3.63, 3.8) is 0 Å². The Morgan fingerprint density at radius 1 is 1.28 bits per heavy atom. The lowest BCUT2D eigenvalue weighted by Crippen LogP contribution is -2.63. The molecule has 132 valence electrons. The lowest BCUT2D eigenvalue weighted by Gasteiger charge is -2.49. The smallest absolute Gasteiger partial charge is 0.149 e. The minimum atomic E-state index is -1.44. The van der Waals surface area contributed by atoms with E-state index in [-0.39, 0.29) is 12.6 Å². The van der Waals surface area contributed by atoms with Crippen LogP contribution in [0.1, 0.15) is 11.1 Å². The number of hydrogen-bond donors (Lipinski definition) is 2. The maximum Gasteiger partial charge on any atom is 0.149 e. The summed E-state index contributed by atoms with van der Waals surface area (Å²) in [4.78, 5) is 2.14. The molecule has 0 saturated carbocycles. The van der Waals surface area contributed by atoms with Crippen molar-refractivity contribution in [3.8, 4) is 11.1 Å². The Morgan fingerprint density at radius 3 is 2.92 bits per heavy atom. The van der Waals surface area contributed by atoms with Crippen LogP contribution in [0, 0.1) is 6.92 Å². The van der Waals surface area contributed by atoms with E-state index >= 15 is 4.39 Å². The molecule has 0 aromatic heterocycles. The number of fused-ring (bicyclic) bond motifs is 3. The fraction of sp³-hybridized carbons (Fsp3) is 0.400. The van der Waals surface area contributed by atoms with Crippen LogP contribution in [0.25, 0.3) is 11.1 Å². The molecule has 1 fully saturated rings. The van der Waals surface area contributed by atoms with Crippen molar-refractivity contribution in [2.75, 3.05) is 36.9 Å². The zero-order chi connectivity index (χ0) is 17.6. The number of hydrogen-bond acceptors (Lipinski definition) is 4. The number of nitrogens with zero attached hydrogens (tertiary/aromatic N) is 1. The highest BCUT2D eigenvalue weighted by Crippen LogP contribution is 2.41. The molecule has 1 saturated heterocycles. The number of nitrogens with two attached hydrogens (primary N) is 2.